The predicted molar refractivity (Wildman–Crippen MR) is 46.1 cm³/mol. The number of carbonyl (C=O) groups is 2. The van der Waals surface area contributed by atoms with Crippen LogP contribution in [0.15, 0.2) is 18.2 Å². The number of halogens is 1. The predicted octanol–water partition coefficient (Wildman–Crippen LogP) is 1.69. The van der Waals surface area contributed by atoms with Gasteiger partial charge in [-0.1, -0.05) is 11.6 Å². The Morgan fingerprint density at radius 1 is 1.23 bits per heavy atom. The van der Waals surface area contributed by atoms with Crippen LogP contribution in [0.5, 0.6) is 0 Å². The van der Waals surface area contributed by atoms with E-state index in [4.69, 9.17) is 11.6 Å². The summed E-state index contributed by atoms with van der Waals surface area (Å²) in [5.74, 6) is -0.677. The summed E-state index contributed by atoms with van der Waals surface area (Å²) in [7, 11) is 0. The van der Waals surface area contributed by atoms with E-state index in [1.54, 1.807) is 6.07 Å². The molecule has 0 aliphatic carbocycles. The van der Waals surface area contributed by atoms with Crippen molar-refractivity contribution in [2.75, 3.05) is 6.61 Å². The summed E-state index contributed by atoms with van der Waals surface area (Å²) in [6, 6.07) is 4.54. The lowest BCUT2D eigenvalue weighted by Gasteiger charge is -2.13. The molecule has 0 radical (unpaired) electrons. The van der Waals surface area contributed by atoms with E-state index in [-0.39, 0.29) is 12.4 Å². The van der Waals surface area contributed by atoms with E-state index >= 15 is 0 Å². The molecule has 4 heteroatoms. The molecule has 0 saturated carbocycles. The third-order valence-electron chi connectivity index (χ3n) is 1.84. The van der Waals surface area contributed by atoms with Crippen LogP contribution in [0.2, 0.25) is 5.02 Å². The first kappa shape index (κ1) is 8.26. The van der Waals surface area contributed by atoms with E-state index < -0.39 is 5.97 Å². The SMILES string of the molecule is O=C1COC(=O)c2ccc(Cl)cc21. The number of cyclic esters (lactones) is 1. The molecule has 1 heterocycles. The van der Waals surface area contributed by atoms with E-state index in [0.717, 1.165) is 0 Å². The van der Waals surface area contributed by atoms with E-state index in [0.29, 0.717) is 16.1 Å². The highest BCUT2D eigenvalue weighted by Gasteiger charge is 2.24. The Labute approximate surface area is 79.3 Å². The van der Waals surface area contributed by atoms with Crippen LogP contribution in [-0.2, 0) is 4.74 Å². The van der Waals surface area contributed by atoms with Crippen LogP contribution >= 0.6 is 11.6 Å². The average molecular weight is 197 g/mol. The lowest BCUT2D eigenvalue weighted by Crippen LogP contribution is -2.23. The van der Waals surface area contributed by atoms with Crippen LogP contribution in [0.1, 0.15) is 20.7 Å². The molecule has 0 saturated heterocycles. The third-order valence-corrected chi connectivity index (χ3v) is 2.07. The minimum Gasteiger partial charge on any atom is -0.454 e. The number of ketones is 1. The standard InChI is InChI=1S/C9H5ClO3/c10-5-1-2-6-7(3-5)8(11)4-13-9(6)12/h1-3H,4H2. The Morgan fingerprint density at radius 3 is 2.77 bits per heavy atom. The Balaban J connectivity index is 2.63. The number of carbonyl (C=O) groups excluding carboxylic acids is 2. The molecule has 66 valence electrons. The van der Waals surface area contributed by atoms with Crippen molar-refractivity contribution in [3.05, 3.63) is 34.3 Å². The van der Waals surface area contributed by atoms with Crippen LogP contribution in [0.3, 0.4) is 0 Å². The van der Waals surface area contributed by atoms with Crippen molar-refractivity contribution >= 4 is 23.4 Å². The number of Topliss-reactive ketones (excluding diaryl/α,β-unsaturated/α-hetero) is 1. The number of hydrogen-bond donors (Lipinski definition) is 0. The van der Waals surface area contributed by atoms with Crippen LogP contribution < -0.4 is 0 Å². The van der Waals surface area contributed by atoms with Crippen molar-refractivity contribution in [2.45, 2.75) is 0 Å². The third kappa shape index (κ3) is 1.31. The second kappa shape index (κ2) is 2.85. The van der Waals surface area contributed by atoms with Gasteiger partial charge in [-0.05, 0) is 18.2 Å². The number of ether oxygens (including phenoxy) is 1. The van der Waals surface area contributed by atoms with Gasteiger partial charge in [-0.2, -0.15) is 0 Å². The van der Waals surface area contributed by atoms with Gasteiger partial charge in [0.05, 0.1) is 5.56 Å². The zero-order valence-electron chi connectivity index (χ0n) is 6.54. The fourth-order valence-electron chi connectivity index (χ4n) is 1.21. The van der Waals surface area contributed by atoms with Gasteiger partial charge in [0.15, 0.2) is 6.61 Å². The Morgan fingerprint density at radius 2 is 2.00 bits per heavy atom. The smallest absolute Gasteiger partial charge is 0.339 e. The van der Waals surface area contributed by atoms with Crippen LogP contribution in [0, 0.1) is 0 Å². The molecule has 0 fully saturated rings. The molecule has 0 aromatic heterocycles. The maximum Gasteiger partial charge on any atom is 0.339 e. The van der Waals surface area contributed by atoms with E-state index in [2.05, 4.69) is 4.74 Å². The van der Waals surface area contributed by atoms with Crippen LogP contribution in [-0.4, -0.2) is 18.4 Å². The number of fused-ring (bicyclic) bond motifs is 1. The number of esters is 1. The zero-order chi connectivity index (χ0) is 9.42. The first-order chi connectivity index (χ1) is 6.18. The molecule has 0 atom stereocenters. The zero-order valence-corrected chi connectivity index (χ0v) is 7.30. The number of rotatable bonds is 0. The minimum atomic E-state index is -0.466. The molecule has 0 N–H and O–H groups in total. The molecule has 3 nitrogen and oxygen atoms in total. The van der Waals surface area contributed by atoms with Crippen molar-refractivity contribution in [3.8, 4) is 0 Å². The van der Waals surface area contributed by atoms with Gasteiger partial charge >= 0.3 is 5.97 Å². The molecule has 1 aromatic rings. The van der Waals surface area contributed by atoms with Crippen molar-refractivity contribution in [3.63, 3.8) is 0 Å². The lowest BCUT2D eigenvalue weighted by molar-refractivity contribution is 0.0443. The van der Waals surface area contributed by atoms with Gasteiger partial charge in [0.2, 0.25) is 5.78 Å². The van der Waals surface area contributed by atoms with Gasteiger partial charge < -0.3 is 4.74 Å². The highest BCUT2D eigenvalue weighted by Crippen LogP contribution is 2.20. The lowest BCUT2D eigenvalue weighted by atomic mass is 10.0. The Kier molecular flexibility index (Phi) is 1.81. The fourth-order valence-corrected chi connectivity index (χ4v) is 1.38. The summed E-state index contributed by atoms with van der Waals surface area (Å²) in [5, 5.41) is 0.446. The average Bonchev–Trinajstić information content (AvgIpc) is 2.12. The van der Waals surface area contributed by atoms with Crippen molar-refractivity contribution in [1.29, 1.82) is 0 Å². The molecule has 2 rings (SSSR count). The second-order valence-electron chi connectivity index (χ2n) is 2.69. The minimum absolute atomic E-state index is 0.188. The highest BCUT2D eigenvalue weighted by atomic mass is 35.5. The van der Waals surface area contributed by atoms with Gasteiger partial charge in [-0.3, -0.25) is 4.79 Å². The molecule has 1 aliphatic rings. The first-order valence-corrected chi connectivity index (χ1v) is 4.06. The second-order valence-corrected chi connectivity index (χ2v) is 3.13. The van der Waals surface area contributed by atoms with Gasteiger partial charge in [-0.25, -0.2) is 4.79 Å². The van der Waals surface area contributed by atoms with E-state index in [9.17, 15) is 9.59 Å². The molecule has 1 aromatic carbocycles. The van der Waals surface area contributed by atoms with Crippen molar-refractivity contribution in [2.24, 2.45) is 0 Å². The molecular formula is C9H5ClO3. The van der Waals surface area contributed by atoms with Gasteiger partial charge in [0.25, 0.3) is 0 Å². The summed E-state index contributed by atoms with van der Waals surface area (Å²) < 4.78 is 4.62. The topological polar surface area (TPSA) is 43.4 Å². The fraction of sp³-hybridized carbons (Fsp3) is 0.111. The van der Waals surface area contributed by atoms with E-state index in [1.165, 1.54) is 12.1 Å². The maximum absolute atomic E-state index is 11.2. The monoisotopic (exact) mass is 196 g/mol. The van der Waals surface area contributed by atoms with Crippen LogP contribution in [0.25, 0.3) is 0 Å². The highest BCUT2D eigenvalue weighted by molar-refractivity contribution is 6.31. The van der Waals surface area contributed by atoms with Gasteiger partial charge in [0.1, 0.15) is 0 Å². The summed E-state index contributed by atoms with van der Waals surface area (Å²) in [4.78, 5) is 22.4. The molecule has 0 spiro atoms. The van der Waals surface area contributed by atoms with Gasteiger partial charge in [-0.15, -0.1) is 0 Å². The number of benzene rings is 1. The normalized spacial score (nSPS) is 15.2. The van der Waals surface area contributed by atoms with Crippen LogP contribution in [0.4, 0.5) is 0 Å². The molecular weight excluding hydrogens is 192 g/mol. The molecule has 0 amide bonds. The molecule has 0 bridgehead atoms. The largest absolute Gasteiger partial charge is 0.454 e. The first-order valence-electron chi connectivity index (χ1n) is 3.68. The quantitative estimate of drug-likeness (QED) is 0.593. The maximum atomic E-state index is 11.2. The van der Waals surface area contributed by atoms with Gasteiger partial charge in [0, 0.05) is 10.6 Å². The summed E-state index contributed by atoms with van der Waals surface area (Å²) in [5.41, 5.74) is 0.643. The number of hydrogen-bond acceptors (Lipinski definition) is 3. The Bertz CT molecular complexity index is 398. The van der Waals surface area contributed by atoms with Crippen molar-refractivity contribution < 1.29 is 14.3 Å². The summed E-state index contributed by atoms with van der Waals surface area (Å²) in [6.45, 7) is -0.188. The van der Waals surface area contributed by atoms with E-state index in [1.807, 2.05) is 0 Å². The molecule has 0 unspecified atom stereocenters. The molecule has 13 heavy (non-hydrogen) atoms. The van der Waals surface area contributed by atoms with Crippen molar-refractivity contribution in [1.82, 2.24) is 0 Å². The summed E-state index contributed by atoms with van der Waals surface area (Å²) in [6.07, 6.45) is 0. The summed E-state index contributed by atoms with van der Waals surface area (Å²) >= 11 is 5.69. The Hall–Kier alpha value is -1.35. The molecule has 1 aliphatic heterocycles.